The van der Waals surface area contributed by atoms with Gasteiger partial charge in [0.15, 0.2) is 0 Å². The number of benzene rings is 14. The first-order valence-corrected chi connectivity index (χ1v) is 37.8. The van der Waals surface area contributed by atoms with Crippen molar-refractivity contribution in [3.8, 4) is 22.6 Å². The molecule has 8 heteroatoms. The van der Waals surface area contributed by atoms with Crippen LogP contribution in [-0.2, 0) is 20.4 Å². The van der Waals surface area contributed by atoms with Crippen LogP contribution in [0.2, 0.25) is 0 Å². The molecule has 0 fully saturated rings. The number of aryl methyl sites for hydroxylation is 1. The van der Waals surface area contributed by atoms with Crippen molar-refractivity contribution >= 4 is 101 Å². The summed E-state index contributed by atoms with van der Waals surface area (Å²) in [7, 11) is -1.78. The molecule has 0 spiro atoms. The van der Waals surface area contributed by atoms with Gasteiger partial charge in [-0.2, -0.15) is 0 Å². The third kappa shape index (κ3) is 20.9. The van der Waals surface area contributed by atoms with Crippen LogP contribution in [0.4, 0.5) is 5.82 Å². The standard InChI is InChI=1S/C18H16N2O.4C18H15P.Pd/c1-13-11-17(18(19)20-12-13)14-7-9-16(10-8-14)21-15-5-3-2-4-6-15;4*1-4-10-16(11-5-1)19(17-12-6-2-7-13-17)18-14-8-3-9-15-18;/h2-12H,1H3,(H2,19,20);4*1-15H;. The Kier molecular flexibility index (Phi) is 28.1. The zero-order chi connectivity index (χ0) is 66.3. The normalized spacial score (nSPS) is 10.4. The van der Waals surface area contributed by atoms with Gasteiger partial charge in [-0.05, 0) is 144 Å². The Balaban J connectivity index is 0.000000132. The minimum absolute atomic E-state index is 0. The number of rotatable bonds is 15. The maximum atomic E-state index is 5.94. The molecule has 0 radical (unpaired) electrons. The number of aromatic nitrogens is 1. The Morgan fingerprint density at radius 1 is 0.235 bits per heavy atom. The van der Waals surface area contributed by atoms with Crippen molar-refractivity contribution in [1.82, 2.24) is 4.98 Å². The molecule has 1 heterocycles. The molecule has 0 saturated carbocycles. The summed E-state index contributed by atoms with van der Waals surface area (Å²) in [5.74, 6) is 2.16. The minimum atomic E-state index is -0.446. The quantitative estimate of drug-likeness (QED) is 0.0822. The predicted molar refractivity (Wildman–Crippen MR) is 426 cm³/mol. The SMILES string of the molecule is Cc1cnc(N)c(-c2ccc(Oc3ccccc3)cc2)c1.[Pd].c1ccc(P(c2ccccc2)c2ccccc2)cc1.c1ccc(P(c2ccccc2)c2ccccc2)cc1.c1ccc(P(c2ccccc2)c2ccccc2)cc1.c1ccc(P(c2ccccc2)c2ccccc2)cc1. The van der Waals surface area contributed by atoms with E-state index in [4.69, 9.17) is 10.5 Å². The van der Waals surface area contributed by atoms with Crippen molar-refractivity contribution in [1.29, 1.82) is 0 Å². The number of nitrogens with zero attached hydrogens (tertiary/aromatic N) is 1. The second kappa shape index (κ2) is 38.8. The zero-order valence-corrected chi connectivity index (χ0v) is 59.7. The smallest absolute Gasteiger partial charge is 0.131 e. The average Bonchev–Trinajstić information content (AvgIpc) is 0.883. The topological polar surface area (TPSA) is 48.1 Å². The predicted octanol–water partition coefficient (Wildman–Crippen LogP) is 18.2. The number of pyridine rings is 1. The Morgan fingerprint density at radius 2 is 0.408 bits per heavy atom. The molecular weight excluding hydrogens is 1360 g/mol. The second-order valence-electron chi connectivity index (χ2n) is 22.3. The molecule has 0 saturated heterocycles. The molecule has 0 amide bonds. The van der Waals surface area contributed by atoms with Crippen LogP contribution in [0.15, 0.2) is 431 Å². The molecule has 0 atom stereocenters. The van der Waals surface area contributed by atoms with Gasteiger partial charge in [0.2, 0.25) is 0 Å². The summed E-state index contributed by atoms with van der Waals surface area (Å²) in [6.07, 6.45) is 1.77. The van der Waals surface area contributed by atoms with E-state index >= 15 is 0 Å². The number of hydrogen-bond acceptors (Lipinski definition) is 3. The van der Waals surface area contributed by atoms with Gasteiger partial charge in [0.25, 0.3) is 0 Å². The Bertz CT molecular complexity index is 3780. The third-order valence-corrected chi connectivity index (χ3v) is 25.1. The van der Waals surface area contributed by atoms with E-state index in [1.807, 2.05) is 67.6 Å². The fourth-order valence-corrected chi connectivity index (χ4v) is 20.1. The molecule has 0 aliphatic heterocycles. The van der Waals surface area contributed by atoms with Gasteiger partial charge in [0, 0.05) is 32.2 Å². The molecule has 482 valence electrons. The van der Waals surface area contributed by atoms with Gasteiger partial charge in [-0.15, -0.1) is 0 Å². The van der Waals surface area contributed by atoms with Crippen LogP contribution in [0, 0.1) is 6.92 Å². The van der Waals surface area contributed by atoms with E-state index in [-0.39, 0.29) is 20.4 Å². The van der Waals surface area contributed by atoms with E-state index in [2.05, 4.69) is 369 Å². The van der Waals surface area contributed by atoms with Gasteiger partial charge < -0.3 is 10.5 Å². The van der Waals surface area contributed by atoms with Crippen molar-refractivity contribution in [3.05, 3.63) is 436 Å². The van der Waals surface area contributed by atoms with Crippen LogP contribution >= 0.6 is 31.7 Å². The van der Waals surface area contributed by atoms with Crippen LogP contribution in [-0.4, -0.2) is 4.98 Å². The number of nitrogen functional groups attached to an aromatic ring is 1. The Hall–Kier alpha value is -9.79. The van der Waals surface area contributed by atoms with Gasteiger partial charge in [-0.3, -0.25) is 0 Å². The maximum Gasteiger partial charge on any atom is 0.131 e. The number of nitrogens with two attached hydrogens (primary N) is 1. The third-order valence-electron chi connectivity index (χ3n) is 15.4. The van der Waals surface area contributed by atoms with Crippen LogP contribution in [0.25, 0.3) is 11.1 Å². The van der Waals surface area contributed by atoms with E-state index in [1.165, 1.54) is 63.7 Å². The average molecular weight is 1430 g/mol. The molecule has 2 N–H and O–H groups in total. The summed E-state index contributed by atoms with van der Waals surface area (Å²) < 4.78 is 5.78. The summed E-state index contributed by atoms with van der Waals surface area (Å²) in [5.41, 5.74) is 9.00. The summed E-state index contributed by atoms with van der Waals surface area (Å²) in [5, 5.41) is 16.8. The molecule has 0 aliphatic rings. The second-order valence-corrected chi connectivity index (χ2v) is 31.1. The van der Waals surface area contributed by atoms with E-state index in [1.54, 1.807) is 6.20 Å². The van der Waals surface area contributed by atoms with E-state index < -0.39 is 31.7 Å². The molecule has 1 aromatic heterocycles. The van der Waals surface area contributed by atoms with Crippen molar-refractivity contribution in [3.63, 3.8) is 0 Å². The van der Waals surface area contributed by atoms with Gasteiger partial charge in [-0.25, -0.2) is 4.98 Å². The van der Waals surface area contributed by atoms with E-state index in [0.717, 1.165) is 28.2 Å². The number of hydrogen-bond donors (Lipinski definition) is 1. The van der Waals surface area contributed by atoms with Gasteiger partial charge in [-0.1, -0.05) is 394 Å². The molecule has 0 aliphatic carbocycles. The largest absolute Gasteiger partial charge is 0.457 e. The van der Waals surface area contributed by atoms with Crippen LogP contribution in [0.5, 0.6) is 11.5 Å². The number of para-hydroxylation sites is 1. The molecule has 0 unspecified atom stereocenters. The van der Waals surface area contributed by atoms with E-state index in [9.17, 15) is 0 Å². The molecule has 98 heavy (non-hydrogen) atoms. The first-order chi connectivity index (χ1) is 48.0. The Morgan fingerprint density at radius 3 is 0.602 bits per heavy atom. The van der Waals surface area contributed by atoms with Crippen molar-refractivity contribution in [2.45, 2.75) is 6.92 Å². The number of ether oxygens (including phenoxy) is 1. The monoisotopic (exact) mass is 1430 g/mol. The van der Waals surface area contributed by atoms with Gasteiger partial charge in [0.1, 0.15) is 17.3 Å². The Labute approximate surface area is 598 Å². The van der Waals surface area contributed by atoms with Gasteiger partial charge in [0.05, 0.1) is 0 Å². The minimum Gasteiger partial charge on any atom is -0.457 e. The van der Waals surface area contributed by atoms with Crippen LogP contribution in [0.1, 0.15) is 5.56 Å². The first-order valence-electron chi connectivity index (χ1n) is 32.4. The summed E-state index contributed by atoms with van der Waals surface area (Å²) >= 11 is 0. The maximum absolute atomic E-state index is 5.94. The van der Waals surface area contributed by atoms with Crippen molar-refractivity contribution in [2.24, 2.45) is 0 Å². The summed E-state index contributed by atoms with van der Waals surface area (Å²) in [6.45, 7) is 2.00. The molecule has 3 nitrogen and oxygen atoms in total. The summed E-state index contributed by atoms with van der Waals surface area (Å²) in [4.78, 5) is 4.19. The molecular formula is C90H76N2OP4Pd. The summed E-state index contributed by atoms with van der Waals surface area (Å²) in [6, 6.07) is 149. The van der Waals surface area contributed by atoms with Crippen molar-refractivity contribution < 1.29 is 25.2 Å². The fourth-order valence-electron chi connectivity index (χ4n) is 10.9. The van der Waals surface area contributed by atoms with Crippen LogP contribution < -0.4 is 74.1 Å². The molecule has 0 bridgehead atoms. The molecule has 15 aromatic rings. The molecule has 14 aromatic carbocycles. The van der Waals surface area contributed by atoms with Gasteiger partial charge >= 0.3 is 0 Å². The van der Waals surface area contributed by atoms with Crippen molar-refractivity contribution in [2.75, 3.05) is 5.73 Å². The zero-order valence-electron chi connectivity index (χ0n) is 54.5. The van der Waals surface area contributed by atoms with Crippen LogP contribution in [0.3, 0.4) is 0 Å². The molecule has 15 rings (SSSR count). The fraction of sp³-hybridized carbons (Fsp3) is 0.0111. The first kappa shape index (κ1) is 71.0. The number of anilines is 1. The van der Waals surface area contributed by atoms with E-state index in [0.29, 0.717) is 5.82 Å².